The van der Waals surface area contributed by atoms with Crippen molar-refractivity contribution in [1.29, 1.82) is 0 Å². The quantitative estimate of drug-likeness (QED) is 0.664. The standard InChI is InChI=1S/C8H17O2PS/c1-3-11(9,4-2)10-8-5-6-12-7-8/h8H,3-7H2,1-2H3. The lowest BCUT2D eigenvalue weighted by atomic mass is 10.3. The van der Waals surface area contributed by atoms with E-state index >= 15 is 0 Å². The molecule has 72 valence electrons. The lowest BCUT2D eigenvalue weighted by molar-refractivity contribution is 0.232. The van der Waals surface area contributed by atoms with E-state index in [4.69, 9.17) is 4.52 Å². The second-order valence-electron chi connectivity index (χ2n) is 3.04. The number of thioether (sulfide) groups is 1. The first-order valence-electron chi connectivity index (χ1n) is 4.54. The van der Waals surface area contributed by atoms with E-state index in [1.807, 2.05) is 25.6 Å². The average molecular weight is 208 g/mol. The van der Waals surface area contributed by atoms with Gasteiger partial charge in [0.15, 0.2) is 0 Å². The molecular formula is C8H17O2PS. The predicted molar refractivity (Wildman–Crippen MR) is 55.5 cm³/mol. The maximum Gasteiger partial charge on any atom is 0.202 e. The van der Waals surface area contributed by atoms with Gasteiger partial charge in [0, 0.05) is 18.1 Å². The minimum absolute atomic E-state index is 0.265. The van der Waals surface area contributed by atoms with Crippen LogP contribution in [0.4, 0.5) is 0 Å². The van der Waals surface area contributed by atoms with Gasteiger partial charge in [0.05, 0.1) is 6.10 Å². The van der Waals surface area contributed by atoms with E-state index < -0.39 is 7.37 Å². The fraction of sp³-hybridized carbons (Fsp3) is 1.00. The van der Waals surface area contributed by atoms with Crippen LogP contribution in [0.25, 0.3) is 0 Å². The first-order chi connectivity index (χ1) is 5.70. The average Bonchev–Trinajstić information content (AvgIpc) is 2.57. The third-order valence-electron chi connectivity index (χ3n) is 2.19. The Kier molecular flexibility index (Phi) is 4.15. The van der Waals surface area contributed by atoms with Crippen LogP contribution in [0.5, 0.6) is 0 Å². The van der Waals surface area contributed by atoms with Crippen molar-refractivity contribution in [1.82, 2.24) is 0 Å². The lowest BCUT2D eigenvalue weighted by Gasteiger charge is -2.19. The highest BCUT2D eigenvalue weighted by Crippen LogP contribution is 2.48. The Morgan fingerprint density at radius 2 is 2.17 bits per heavy atom. The van der Waals surface area contributed by atoms with E-state index in [9.17, 15) is 4.57 Å². The van der Waals surface area contributed by atoms with Crippen LogP contribution in [-0.4, -0.2) is 29.9 Å². The van der Waals surface area contributed by atoms with Gasteiger partial charge < -0.3 is 4.52 Å². The molecule has 0 spiro atoms. The molecule has 0 aromatic heterocycles. The largest absolute Gasteiger partial charge is 0.324 e. The van der Waals surface area contributed by atoms with E-state index in [-0.39, 0.29) is 6.10 Å². The van der Waals surface area contributed by atoms with Gasteiger partial charge >= 0.3 is 0 Å². The zero-order valence-corrected chi connectivity index (χ0v) is 9.50. The van der Waals surface area contributed by atoms with E-state index in [1.54, 1.807) is 0 Å². The molecule has 1 fully saturated rings. The molecule has 0 N–H and O–H groups in total. The van der Waals surface area contributed by atoms with E-state index in [0.717, 1.165) is 17.9 Å². The molecule has 0 radical (unpaired) electrons. The molecule has 0 aromatic carbocycles. The Bertz CT molecular complexity index is 170. The highest BCUT2D eigenvalue weighted by atomic mass is 32.2. The topological polar surface area (TPSA) is 26.3 Å². The van der Waals surface area contributed by atoms with Gasteiger partial charge in [-0.1, -0.05) is 13.8 Å². The van der Waals surface area contributed by atoms with Crippen molar-refractivity contribution in [3.8, 4) is 0 Å². The van der Waals surface area contributed by atoms with Crippen LogP contribution >= 0.6 is 19.1 Å². The van der Waals surface area contributed by atoms with E-state index in [2.05, 4.69) is 0 Å². The Balaban J connectivity index is 2.41. The molecule has 1 aliphatic rings. The van der Waals surface area contributed by atoms with Crippen LogP contribution in [0, 0.1) is 0 Å². The van der Waals surface area contributed by atoms with Crippen LogP contribution in [-0.2, 0) is 9.09 Å². The summed E-state index contributed by atoms with van der Waals surface area (Å²) in [6.07, 6.45) is 2.71. The summed E-state index contributed by atoms with van der Waals surface area (Å²) in [6.45, 7) is 3.90. The third kappa shape index (κ3) is 2.79. The normalized spacial score (nSPS) is 24.7. The summed E-state index contributed by atoms with van der Waals surface area (Å²) in [6, 6.07) is 0. The number of hydrogen-bond donors (Lipinski definition) is 0. The van der Waals surface area contributed by atoms with Gasteiger partial charge in [0.25, 0.3) is 0 Å². The second-order valence-corrected chi connectivity index (χ2v) is 7.29. The monoisotopic (exact) mass is 208 g/mol. The molecule has 1 heterocycles. The van der Waals surface area contributed by atoms with Crippen molar-refractivity contribution in [3.63, 3.8) is 0 Å². The van der Waals surface area contributed by atoms with Gasteiger partial charge in [-0.2, -0.15) is 11.8 Å². The van der Waals surface area contributed by atoms with Crippen molar-refractivity contribution >= 4 is 19.1 Å². The molecule has 1 aliphatic heterocycles. The molecule has 2 nitrogen and oxygen atoms in total. The maximum absolute atomic E-state index is 11.9. The fourth-order valence-electron chi connectivity index (χ4n) is 1.24. The van der Waals surface area contributed by atoms with Crippen molar-refractivity contribution in [3.05, 3.63) is 0 Å². The predicted octanol–water partition coefficient (Wildman–Crippen LogP) is 2.83. The summed E-state index contributed by atoms with van der Waals surface area (Å²) < 4.78 is 17.5. The first-order valence-corrected chi connectivity index (χ1v) is 7.69. The minimum Gasteiger partial charge on any atom is -0.324 e. The van der Waals surface area contributed by atoms with Crippen LogP contribution in [0.1, 0.15) is 20.3 Å². The van der Waals surface area contributed by atoms with Crippen LogP contribution in [0.15, 0.2) is 0 Å². The summed E-state index contributed by atoms with van der Waals surface area (Å²) in [4.78, 5) is 0. The molecule has 0 amide bonds. The molecule has 1 saturated heterocycles. The molecule has 1 unspecified atom stereocenters. The van der Waals surface area contributed by atoms with Gasteiger partial charge in [-0.15, -0.1) is 0 Å². The molecule has 4 heteroatoms. The second kappa shape index (κ2) is 4.69. The van der Waals surface area contributed by atoms with Gasteiger partial charge in [0.1, 0.15) is 0 Å². The smallest absolute Gasteiger partial charge is 0.202 e. The van der Waals surface area contributed by atoms with Crippen LogP contribution in [0.2, 0.25) is 0 Å². The SMILES string of the molecule is CCP(=O)(CC)OC1CCSC1. The van der Waals surface area contributed by atoms with E-state index in [0.29, 0.717) is 12.3 Å². The van der Waals surface area contributed by atoms with Crippen LogP contribution < -0.4 is 0 Å². The Morgan fingerprint density at radius 3 is 2.58 bits per heavy atom. The zero-order valence-electron chi connectivity index (χ0n) is 7.78. The first kappa shape index (κ1) is 10.6. The summed E-state index contributed by atoms with van der Waals surface area (Å²) in [5, 5.41) is 0. The highest BCUT2D eigenvalue weighted by Gasteiger charge is 2.25. The van der Waals surface area contributed by atoms with Gasteiger partial charge in [0.2, 0.25) is 7.37 Å². The van der Waals surface area contributed by atoms with E-state index in [1.165, 1.54) is 0 Å². The summed E-state index contributed by atoms with van der Waals surface area (Å²) >= 11 is 1.90. The van der Waals surface area contributed by atoms with Crippen molar-refractivity contribution < 1.29 is 9.09 Å². The van der Waals surface area contributed by atoms with Gasteiger partial charge in [-0.25, -0.2) is 0 Å². The van der Waals surface area contributed by atoms with Crippen LogP contribution in [0.3, 0.4) is 0 Å². The third-order valence-corrected chi connectivity index (χ3v) is 5.93. The van der Waals surface area contributed by atoms with Crippen molar-refractivity contribution in [2.24, 2.45) is 0 Å². The number of rotatable bonds is 4. The zero-order chi connectivity index (χ0) is 9.03. The van der Waals surface area contributed by atoms with Gasteiger partial charge in [-0.3, -0.25) is 4.57 Å². The Labute approximate surface area is 78.9 Å². The van der Waals surface area contributed by atoms with Crippen molar-refractivity contribution in [2.75, 3.05) is 23.8 Å². The summed E-state index contributed by atoms with van der Waals surface area (Å²) in [5.41, 5.74) is 0. The minimum atomic E-state index is -2.24. The number of hydrogen-bond acceptors (Lipinski definition) is 3. The maximum atomic E-state index is 11.9. The molecule has 0 aromatic rings. The molecule has 12 heavy (non-hydrogen) atoms. The highest BCUT2D eigenvalue weighted by molar-refractivity contribution is 7.99. The fourth-order valence-corrected chi connectivity index (χ4v) is 3.90. The summed E-state index contributed by atoms with van der Waals surface area (Å²) in [5.74, 6) is 2.20. The molecule has 0 saturated carbocycles. The summed E-state index contributed by atoms with van der Waals surface area (Å²) in [7, 11) is -2.24. The Morgan fingerprint density at radius 1 is 1.50 bits per heavy atom. The lowest BCUT2D eigenvalue weighted by Crippen LogP contribution is -2.11. The Hall–Kier alpha value is 0.540. The molecule has 1 atom stereocenters. The molecule has 0 aliphatic carbocycles. The van der Waals surface area contributed by atoms with Gasteiger partial charge in [-0.05, 0) is 12.2 Å². The van der Waals surface area contributed by atoms with Crippen molar-refractivity contribution in [2.45, 2.75) is 26.4 Å². The molecular weight excluding hydrogens is 191 g/mol. The molecule has 1 rings (SSSR count). The molecule has 0 bridgehead atoms.